The quantitative estimate of drug-likeness (QED) is 0.516. The molecule has 0 aliphatic heterocycles. The van der Waals surface area contributed by atoms with E-state index in [-0.39, 0.29) is 36.1 Å². The van der Waals surface area contributed by atoms with Crippen LogP contribution in [0.15, 0.2) is 28.4 Å². The fraction of sp³-hybridized carbons (Fsp3) is 0.389. The van der Waals surface area contributed by atoms with Crippen molar-refractivity contribution in [2.24, 2.45) is 0 Å². The summed E-state index contributed by atoms with van der Waals surface area (Å²) in [5, 5.41) is 2.39. The molecule has 27 heavy (non-hydrogen) atoms. The number of benzene rings is 1. The van der Waals surface area contributed by atoms with E-state index in [0.29, 0.717) is 18.1 Å². The fourth-order valence-corrected chi connectivity index (χ4v) is 3.33. The van der Waals surface area contributed by atoms with Crippen LogP contribution >= 0.6 is 22.9 Å². The van der Waals surface area contributed by atoms with E-state index in [1.165, 1.54) is 4.57 Å². The van der Waals surface area contributed by atoms with Crippen molar-refractivity contribution >= 4 is 34.8 Å². The van der Waals surface area contributed by atoms with Gasteiger partial charge in [0.05, 0.1) is 6.61 Å². The van der Waals surface area contributed by atoms with Gasteiger partial charge < -0.3 is 9.30 Å². The molecule has 0 saturated carbocycles. The van der Waals surface area contributed by atoms with Crippen molar-refractivity contribution in [3.05, 3.63) is 49.5 Å². The monoisotopic (exact) mass is 411 g/mol. The molecule has 0 saturated heterocycles. The molecular formula is C18H22ClN3O4S. The second-order valence-corrected chi connectivity index (χ2v) is 7.26. The second kappa shape index (κ2) is 10.1. The molecule has 0 atom stereocenters. The minimum atomic E-state index is -0.353. The summed E-state index contributed by atoms with van der Waals surface area (Å²) >= 11 is 6.99. The first kappa shape index (κ1) is 21.0. The predicted molar refractivity (Wildman–Crippen MR) is 105 cm³/mol. The van der Waals surface area contributed by atoms with Crippen LogP contribution in [-0.4, -0.2) is 23.0 Å². The third-order valence-electron chi connectivity index (χ3n) is 3.82. The average molecular weight is 412 g/mol. The average Bonchev–Trinajstić information content (AvgIpc) is 2.94. The van der Waals surface area contributed by atoms with E-state index < -0.39 is 0 Å². The number of carbonyl (C=O) groups is 2. The predicted octanol–water partition coefficient (Wildman–Crippen LogP) is 2.58. The molecule has 1 heterocycles. The van der Waals surface area contributed by atoms with Gasteiger partial charge in [0.15, 0.2) is 0 Å². The van der Waals surface area contributed by atoms with Gasteiger partial charge in [0, 0.05) is 35.5 Å². The van der Waals surface area contributed by atoms with Crippen LogP contribution in [0, 0.1) is 13.8 Å². The van der Waals surface area contributed by atoms with Gasteiger partial charge in [-0.25, -0.2) is 0 Å². The summed E-state index contributed by atoms with van der Waals surface area (Å²) in [5.41, 5.74) is 6.46. The largest absolute Gasteiger partial charge is 0.493 e. The lowest BCUT2D eigenvalue weighted by Crippen LogP contribution is -2.42. The first-order valence-corrected chi connectivity index (χ1v) is 9.74. The highest BCUT2D eigenvalue weighted by molar-refractivity contribution is 7.07. The molecule has 1 aromatic heterocycles. The number of hydrogen-bond acceptors (Lipinski definition) is 5. The van der Waals surface area contributed by atoms with Crippen LogP contribution < -0.4 is 20.5 Å². The maximum absolute atomic E-state index is 11.8. The zero-order chi connectivity index (χ0) is 19.8. The number of halogens is 1. The maximum Gasteiger partial charge on any atom is 0.307 e. The number of hydrazine groups is 1. The number of thiazole rings is 1. The van der Waals surface area contributed by atoms with Crippen LogP contribution in [0.1, 0.15) is 30.5 Å². The molecule has 2 amide bonds. The zero-order valence-corrected chi connectivity index (χ0v) is 16.8. The van der Waals surface area contributed by atoms with Gasteiger partial charge in [-0.05, 0) is 44.0 Å². The van der Waals surface area contributed by atoms with Crippen molar-refractivity contribution < 1.29 is 14.3 Å². The summed E-state index contributed by atoms with van der Waals surface area (Å²) < 4.78 is 7.14. The van der Waals surface area contributed by atoms with Crippen molar-refractivity contribution in [2.75, 3.05) is 6.61 Å². The molecule has 0 fully saturated rings. The van der Waals surface area contributed by atoms with E-state index >= 15 is 0 Å². The van der Waals surface area contributed by atoms with Crippen LogP contribution in [0.2, 0.25) is 5.02 Å². The summed E-state index contributed by atoms with van der Waals surface area (Å²) in [7, 11) is 0. The number of carbonyl (C=O) groups excluding carboxylic acids is 2. The Kier molecular flexibility index (Phi) is 7.87. The van der Waals surface area contributed by atoms with Gasteiger partial charge in [0.2, 0.25) is 11.8 Å². The van der Waals surface area contributed by atoms with Gasteiger partial charge in [-0.3, -0.25) is 25.2 Å². The molecule has 0 spiro atoms. The number of nitrogens with one attached hydrogen (secondary N) is 2. The fourth-order valence-electron chi connectivity index (χ4n) is 2.34. The molecule has 0 radical (unpaired) electrons. The standard InChI is InChI=1S/C18H22ClN3O4S/c1-12-10-14(19)5-6-15(12)26-9-3-4-16(23)20-21-17(24)7-8-22-13(2)11-27-18(22)25/h5-6,10-11H,3-4,7-9H2,1-2H3,(H,20,23)(H,21,24). The van der Waals surface area contributed by atoms with Gasteiger partial charge in [-0.1, -0.05) is 22.9 Å². The van der Waals surface area contributed by atoms with Gasteiger partial charge in [0.25, 0.3) is 0 Å². The van der Waals surface area contributed by atoms with Gasteiger partial charge in [-0.2, -0.15) is 0 Å². The first-order valence-electron chi connectivity index (χ1n) is 8.48. The zero-order valence-electron chi connectivity index (χ0n) is 15.2. The van der Waals surface area contributed by atoms with E-state index in [1.807, 2.05) is 19.9 Å². The Morgan fingerprint density at radius 1 is 1.19 bits per heavy atom. The van der Waals surface area contributed by atoms with Crippen molar-refractivity contribution in [3.8, 4) is 5.75 Å². The maximum atomic E-state index is 11.8. The van der Waals surface area contributed by atoms with Crippen molar-refractivity contribution in [2.45, 2.75) is 39.7 Å². The minimum absolute atomic E-state index is 0.0970. The van der Waals surface area contributed by atoms with Crippen LogP contribution in [0.3, 0.4) is 0 Å². The van der Waals surface area contributed by atoms with Crippen LogP contribution in [-0.2, 0) is 16.1 Å². The van der Waals surface area contributed by atoms with Gasteiger partial charge in [0.1, 0.15) is 5.75 Å². The van der Waals surface area contributed by atoms with Gasteiger partial charge >= 0.3 is 4.87 Å². The van der Waals surface area contributed by atoms with Crippen molar-refractivity contribution in [3.63, 3.8) is 0 Å². The number of nitrogens with zero attached hydrogens (tertiary/aromatic N) is 1. The SMILES string of the molecule is Cc1cc(Cl)ccc1OCCCC(=O)NNC(=O)CCn1c(C)csc1=O. The summed E-state index contributed by atoms with van der Waals surface area (Å²) in [4.78, 5) is 35.0. The van der Waals surface area contributed by atoms with E-state index in [0.717, 1.165) is 28.3 Å². The minimum Gasteiger partial charge on any atom is -0.493 e. The Labute approximate surface area is 166 Å². The van der Waals surface area contributed by atoms with Crippen molar-refractivity contribution in [1.29, 1.82) is 0 Å². The number of aryl methyl sites for hydroxylation is 2. The third kappa shape index (κ3) is 6.73. The summed E-state index contributed by atoms with van der Waals surface area (Å²) in [5.74, 6) is 0.0737. The summed E-state index contributed by atoms with van der Waals surface area (Å²) in [6, 6.07) is 5.35. The number of amides is 2. The van der Waals surface area contributed by atoms with E-state index in [2.05, 4.69) is 10.9 Å². The molecule has 9 heteroatoms. The molecule has 0 aliphatic carbocycles. The Bertz CT molecular complexity index is 863. The molecule has 7 nitrogen and oxygen atoms in total. The molecule has 2 rings (SSSR count). The van der Waals surface area contributed by atoms with E-state index in [4.69, 9.17) is 16.3 Å². The molecule has 1 aromatic carbocycles. The Hall–Kier alpha value is -2.32. The molecule has 2 N–H and O–H groups in total. The molecule has 0 unspecified atom stereocenters. The molecular weight excluding hydrogens is 390 g/mol. The lowest BCUT2D eigenvalue weighted by atomic mass is 10.2. The topological polar surface area (TPSA) is 89.4 Å². The smallest absolute Gasteiger partial charge is 0.307 e. The van der Waals surface area contributed by atoms with Crippen LogP contribution in [0.4, 0.5) is 0 Å². The van der Waals surface area contributed by atoms with Crippen LogP contribution in [0.5, 0.6) is 5.75 Å². The number of rotatable bonds is 8. The molecule has 2 aromatic rings. The van der Waals surface area contributed by atoms with Gasteiger partial charge in [-0.15, -0.1) is 0 Å². The third-order valence-corrected chi connectivity index (χ3v) is 4.94. The lowest BCUT2D eigenvalue weighted by molar-refractivity contribution is -0.129. The second-order valence-electron chi connectivity index (χ2n) is 6.00. The molecule has 0 bridgehead atoms. The highest BCUT2D eigenvalue weighted by atomic mass is 35.5. The number of ether oxygens (including phenoxy) is 1. The summed E-state index contributed by atoms with van der Waals surface area (Å²) in [6.07, 6.45) is 0.833. The normalized spacial score (nSPS) is 10.5. The Balaban J connectivity index is 1.61. The summed E-state index contributed by atoms with van der Waals surface area (Å²) in [6.45, 7) is 4.37. The number of aromatic nitrogens is 1. The Morgan fingerprint density at radius 3 is 2.52 bits per heavy atom. The van der Waals surface area contributed by atoms with E-state index in [1.54, 1.807) is 17.5 Å². The molecule has 146 valence electrons. The highest BCUT2D eigenvalue weighted by Gasteiger charge is 2.08. The van der Waals surface area contributed by atoms with E-state index in [9.17, 15) is 14.4 Å². The lowest BCUT2D eigenvalue weighted by Gasteiger charge is -2.10. The highest BCUT2D eigenvalue weighted by Crippen LogP contribution is 2.21. The van der Waals surface area contributed by atoms with Crippen molar-refractivity contribution in [1.82, 2.24) is 15.4 Å². The Morgan fingerprint density at radius 2 is 1.89 bits per heavy atom. The van der Waals surface area contributed by atoms with Crippen LogP contribution in [0.25, 0.3) is 0 Å². The first-order chi connectivity index (χ1) is 12.9. The molecule has 0 aliphatic rings. The number of hydrogen-bond donors (Lipinski definition) is 2.